The second kappa shape index (κ2) is 9.28. The molecule has 0 unspecified atom stereocenters. The van der Waals surface area contributed by atoms with Gasteiger partial charge >= 0.3 is 0 Å². The average molecular weight is 420 g/mol. The molecule has 2 amide bonds. The summed E-state index contributed by atoms with van der Waals surface area (Å²) in [7, 11) is 0. The molecule has 4 aromatic rings. The maximum atomic E-state index is 12.4. The molecule has 0 radical (unpaired) electrons. The number of nitrogens with zero attached hydrogens (tertiary/aromatic N) is 4. The number of hydrogen-bond acceptors (Lipinski definition) is 6. The molecular weight excluding hydrogens is 404 g/mol. The van der Waals surface area contributed by atoms with Crippen LogP contribution in [0.25, 0.3) is 11.3 Å². The molecule has 154 valence electrons. The van der Waals surface area contributed by atoms with Crippen LogP contribution < -0.4 is 11.1 Å². The van der Waals surface area contributed by atoms with Crippen LogP contribution in [0.1, 0.15) is 32.0 Å². The lowest BCUT2D eigenvalue weighted by molar-refractivity contribution is 0.0995. The Kier molecular flexibility index (Phi) is 5.91. The Morgan fingerprint density at radius 3 is 2.34 bits per heavy atom. The van der Waals surface area contributed by atoms with Gasteiger partial charge in [0.1, 0.15) is 11.5 Å². The van der Waals surface area contributed by atoms with Crippen LogP contribution in [0.3, 0.4) is 0 Å². The van der Waals surface area contributed by atoms with Gasteiger partial charge in [-0.3, -0.25) is 19.6 Å². The number of aromatic nitrogens is 4. The Labute approximate surface area is 183 Å². The molecular formula is C24H16N6O2. The van der Waals surface area contributed by atoms with Crippen molar-refractivity contribution in [2.45, 2.75) is 0 Å². The highest BCUT2D eigenvalue weighted by atomic mass is 16.2. The topological polar surface area (TPSA) is 124 Å². The minimum absolute atomic E-state index is 0.122. The summed E-state index contributed by atoms with van der Waals surface area (Å²) >= 11 is 0. The largest absolute Gasteiger partial charge is 0.366 e. The third-order valence-electron chi connectivity index (χ3n) is 4.34. The van der Waals surface area contributed by atoms with Gasteiger partial charge in [-0.15, -0.1) is 0 Å². The maximum Gasteiger partial charge on any atom is 0.277 e. The Hall–Kier alpha value is -4.90. The Bertz CT molecular complexity index is 1330. The lowest BCUT2D eigenvalue weighted by Gasteiger charge is -2.09. The minimum atomic E-state index is -0.636. The third kappa shape index (κ3) is 4.98. The Morgan fingerprint density at radius 2 is 1.66 bits per heavy atom. The van der Waals surface area contributed by atoms with Gasteiger partial charge in [0.05, 0.1) is 11.9 Å². The lowest BCUT2D eigenvalue weighted by Crippen LogP contribution is -2.17. The molecule has 0 saturated heterocycles. The standard InChI is InChI=1S/C24H16N6O2/c25-23(31)19-12-20(29-22(13-19)30-24(32)21-15-27-10-11-28-21)18-7-5-16(6-8-18)3-4-17-2-1-9-26-14-17/h1-2,5-15H,(H2,25,31)(H,29,30,32). The molecule has 0 bridgehead atoms. The molecule has 4 rings (SSSR count). The zero-order valence-corrected chi connectivity index (χ0v) is 16.7. The first-order chi connectivity index (χ1) is 15.6. The van der Waals surface area contributed by atoms with Gasteiger partial charge in [0.2, 0.25) is 5.91 Å². The maximum absolute atomic E-state index is 12.4. The third-order valence-corrected chi connectivity index (χ3v) is 4.34. The number of nitrogens with two attached hydrogens (primary N) is 1. The molecule has 8 heteroatoms. The first kappa shape index (κ1) is 20.4. The van der Waals surface area contributed by atoms with E-state index in [2.05, 4.69) is 37.1 Å². The van der Waals surface area contributed by atoms with Crippen LogP contribution in [0.5, 0.6) is 0 Å². The van der Waals surface area contributed by atoms with E-state index in [4.69, 9.17) is 5.73 Å². The van der Waals surface area contributed by atoms with E-state index in [0.29, 0.717) is 5.69 Å². The van der Waals surface area contributed by atoms with E-state index >= 15 is 0 Å². The second-order valence-electron chi connectivity index (χ2n) is 6.60. The quantitative estimate of drug-likeness (QED) is 0.489. The molecule has 1 aromatic carbocycles. The van der Waals surface area contributed by atoms with Crippen molar-refractivity contribution in [3.05, 3.63) is 102 Å². The summed E-state index contributed by atoms with van der Waals surface area (Å²) in [4.78, 5) is 40.5. The zero-order chi connectivity index (χ0) is 22.3. The summed E-state index contributed by atoms with van der Waals surface area (Å²) < 4.78 is 0. The molecule has 0 atom stereocenters. The average Bonchev–Trinajstić information content (AvgIpc) is 2.84. The van der Waals surface area contributed by atoms with Gasteiger partial charge in [-0.05, 0) is 36.4 Å². The molecule has 3 aromatic heterocycles. The van der Waals surface area contributed by atoms with Gasteiger partial charge < -0.3 is 11.1 Å². The summed E-state index contributed by atoms with van der Waals surface area (Å²) in [5, 5.41) is 2.62. The summed E-state index contributed by atoms with van der Waals surface area (Å²) in [6.07, 6.45) is 7.59. The van der Waals surface area contributed by atoms with Crippen LogP contribution >= 0.6 is 0 Å². The highest BCUT2D eigenvalue weighted by molar-refractivity contribution is 6.03. The first-order valence-corrected chi connectivity index (χ1v) is 9.50. The van der Waals surface area contributed by atoms with Crippen molar-refractivity contribution in [2.24, 2.45) is 5.73 Å². The molecule has 0 fully saturated rings. The van der Waals surface area contributed by atoms with Gasteiger partial charge in [-0.2, -0.15) is 0 Å². The lowest BCUT2D eigenvalue weighted by atomic mass is 10.1. The van der Waals surface area contributed by atoms with Crippen molar-refractivity contribution in [1.29, 1.82) is 0 Å². The van der Waals surface area contributed by atoms with Gasteiger partial charge in [0.25, 0.3) is 5.91 Å². The van der Waals surface area contributed by atoms with Gasteiger partial charge in [0.15, 0.2) is 0 Å². The highest BCUT2D eigenvalue weighted by Crippen LogP contribution is 2.22. The molecule has 0 saturated carbocycles. The molecule has 8 nitrogen and oxygen atoms in total. The number of carbonyl (C=O) groups is 2. The van der Waals surface area contributed by atoms with Crippen LogP contribution in [-0.4, -0.2) is 31.8 Å². The van der Waals surface area contributed by atoms with Gasteiger partial charge in [-0.25, -0.2) is 9.97 Å². The van der Waals surface area contributed by atoms with E-state index in [1.165, 1.54) is 24.7 Å². The minimum Gasteiger partial charge on any atom is -0.366 e. The Balaban J connectivity index is 1.61. The SMILES string of the molecule is NC(=O)c1cc(NC(=O)c2cnccn2)nc(-c2ccc(C#Cc3cccnc3)cc2)c1. The van der Waals surface area contributed by atoms with Gasteiger partial charge in [0, 0.05) is 47.0 Å². The highest BCUT2D eigenvalue weighted by Gasteiger charge is 2.13. The number of carbonyl (C=O) groups excluding carboxylic acids is 2. The molecule has 0 aliphatic rings. The van der Waals surface area contributed by atoms with Crippen molar-refractivity contribution in [3.8, 4) is 23.1 Å². The summed E-state index contributed by atoms with van der Waals surface area (Å²) in [6.45, 7) is 0. The van der Waals surface area contributed by atoms with E-state index in [0.717, 1.165) is 16.7 Å². The van der Waals surface area contributed by atoms with Crippen LogP contribution in [-0.2, 0) is 0 Å². The molecule has 0 spiro atoms. The first-order valence-electron chi connectivity index (χ1n) is 9.50. The van der Waals surface area contributed by atoms with Gasteiger partial charge in [-0.1, -0.05) is 24.0 Å². The molecule has 0 aliphatic heterocycles. The number of pyridine rings is 2. The van der Waals surface area contributed by atoms with E-state index < -0.39 is 11.8 Å². The van der Waals surface area contributed by atoms with Crippen LogP contribution in [0.4, 0.5) is 5.82 Å². The molecule has 0 aliphatic carbocycles. The number of benzene rings is 1. The normalized spacial score (nSPS) is 10.0. The number of rotatable bonds is 4. The van der Waals surface area contributed by atoms with Crippen molar-refractivity contribution < 1.29 is 9.59 Å². The summed E-state index contributed by atoms with van der Waals surface area (Å²) in [5.74, 6) is 5.15. The number of nitrogens with one attached hydrogen (secondary N) is 1. The molecule has 3 N–H and O–H groups in total. The fourth-order valence-corrected chi connectivity index (χ4v) is 2.79. The predicted molar refractivity (Wildman–Crippen MR) is 118 cm³/mol. The van der Waals surface area contributed by atoms with Crippen molar-refractivity contribution >= 4 is 17.6 Å². The number of amides is 2. The number of primary amides is 1. The van der Waals surface area contributed by atoms with Crippen LogP contribution in [0.2, 0.25) is 0 Å². The van der Waals surface area contributed by atoms with Crippen LogP contribution in [0.15, 0.2) is 79.5 Å². The second-order valence-corrected chi connectivity index (χ2v) is 6.60. The molecule has 32 heavy (non-hydrogen) atoms. The Morgan fingerprint density at radius 1 is 0.875 bits per heavy atom. The van der Waals surface area contributed by atoms with Crippen LogP contribution in [0, 0.1) is 11.8 Å². The van der Waals surface area contributed by atoms with E-state index in [1.807, 2.05) is 36.4 Å². The van der Waals surface area contributed by atoms with E-state index in [-0.39, 0.29) is 17.1 Å². The predicted octanol–water partition coefficient (Wildman–Crippen LogP) is 2.68. The van der Waals surface area contributed by atoms with E-state index in [1.54, 1.807) is 18.5 Å². The summed E-state index contributed by atoms with van der Waals surface area (Å²) in [5.41, 5.74) is 8.63. The van der Waals surface area contributed by atoms with Crippen molar-refractivity contribution in [2.75, 3.05) is 5.32 Å². The zero-order valence-electron chi connectivity index (χ0n) is 16.7. The fourth-order valence-electron chi connectivity index (χ4n) is 2.79. The monoisotopic (exact) mass is 420 g/mol. The number of hydrogen-bond donors (Lipinski definition) is 2. The van der Waals surface area contributed by atoms with Crippen molar-refractivity contribution in [3.63, 3.8) is 0 Å². The molecule has 3 heterocycles. The smallest absolute Gasteiger partial charge is 0.277 e. The van der Waals surface area contributed by atoms with E-state index in [9.17, 15) is 9.59 Å². The fraction of sp³-hybridized carbons (Fsp3) is 0. The van der Waals surface area contributed by atoms with Crippen molar-refractivity contribution in [1.82, 2.24) is 19.9 Å². The number of anilines is 1. The summed E-state index contributed by atoms with van der Waals surface area (Å²) in [6, 6.07) is 14.0.